The Bertz CT molecular complexity index is 2610. The van der Waals surface area contributed by atoms with Gasteiger partial charge in [0.25, 0.3) is 0 Å². The molecule has 4 aromatic rings. The van der Waals surface area contributed by atoms with E-state index in [2.05, 4.69) is 76.0 Å². The molecule has 1 saturated heterocycles. The van der Waals surface area contributed by atoms with Crippen LogP contribution in [0.15, 0.2) is 90.5 Å². The molecule has 1 unspecified atom stereocenters. The second-order valence-electron chi connectivity index (χ2n) is 19.5. The lowest BCUT2D eigenvalue weighted by atomic mass is 9.47. The molecule has 6 heterocycles. The number of aromatic amines is 1. The van der Waals surface area contributed by atoms with Crippen LogP contribution in [-0.2, 0) is 52.3 Å². The summed E-state index contributed by atoms with van der Waals surface area (Å²) in [4.78, 5) is 53.4. The zero-order valence-corrected chi connectivity index (χ0v) is 38.5. The fraction of sp³-hybridized carbons (Fsp3) is 0.491. The number of likely N-dealkylation sites (N-methyl/N-ethyl adjacent to an activating group) is 1. The normalized spacial score (nSPS) is 32.2. The summed E-state index contributed by atoms with van der Waals surface area (Å²) < 4.78 is 25.1. The average molecular weight is 883 g/mol. The Labute approximate surface area is 381 Å². The number of hydrogen-bond acceptors (Lipinski definition) is 11. The first-order valence-electron chi connectivity index (χ1n) is 23.5. The second kappa shape index (κ2) is 16.2. The number of H-pyrrole nitrogens is 1. The number of ether oxygens (including phenoxy) is 4. The Morgan fingerprint density at radius 1 is 0.969 bits per heavy atom. The van der Waals surface area contributed by atoms with E-state index in [1.54, 1.807) is 7.11 Å². The first-order valence-corrected chi connectivity index (χ1v) is 23.5. The maximum atomic E-state index is 15.4. The second-order valence-corrected chi connectivity index (χ2v) is 19.5. The lowest BCUT2D eigenvalue weighted by Gasteiger charge is -2.64. The van der Waals surface area contributed by atoms with E-state index in [0.717, 1.165) is 78.0 Å². The van der Waals surface area contributed by atoms with Gasteiger partial charge in [0.05, 0.1) is 26.7 Å². The molecule has 1 saturated carbocycles. The monoisotopic (exact) mass is 882 g/mol. The van der Waals surface area contributed by atoms with Gasteiger partial charge in [-0.15, -0.1) is 0 Å². The van der Waals surface area contributed by atoms with E-state index in [-0.39, 0.29) is 24.3 Å². The summed E-state index contributed by atoms with van der Waals surface area (Å²) in [6, 6.07) is 21.0. The number of fused-ring (bicyclic) bond motifs is 6. The van der Waals surface area contributed by atoms with Crippen molar-refractivity contribution in [3.8, 4) is 5.75 Å². The molecule has 0 amide bonds. The van der Waals surface area contributed by atoms with Crippen LogP contribution in [0.1, 0.15) is 74.4 Å². The molecule has 65 heavy (non-hydrogen) atoms. The molecule has 12 heteroatoms. The van der Waals surface area contributed by atoms with Crippen LogP contribution >= 0.6 is 0 Å². The minimum absolute atomic E-state index is 0.0229. The highest BCUT2D eigenvalue weighted by Crippen LogP contribution is 2.68. The van der Waals surface area contributed by atoms with Crippen molar-refractivity contribution in [1.82, 2.24) is 14.8 Å². The van der Waals surface area contributed by atoms with E-state index >= 15 is 4.79 Å². The number of rotatable bonds is 10. The molecule has 2 fully saturated rings. The molecule has 6 aliphatic rings. The molecule has 10 rings (SSSR count). The molecular formula is C53H62N4O8. The van der Waals surface area contributed by atoms with Gasteiger partial charge < -0.3 is 33.9 Å². The van der Waals surface area contributed by atoms with Gasteiger partial charge in [0.15, 0.2) is 5.60 Å². The van der Waals surface area contributed by atoms with Crippen molar-refractivity contribution in [3.05, 3.63) is 118 Å². The van der Waals surface area contributed by atoms with Gasteiger partial charge in [-0.1, -0.05) is 86.2 Å². The van der Waals surface area contributed by atoms with Gasteiger partial charge in [-0.05, 0) is 73.4 Å². The third-order valence-electron chi connectivity index (χ3n) is 16.3. The number of aliphatic hydroxyl groups is 1. The number of nitrogens with one attached hydrogen (secondary N) is 1. The van der Waals surface area contributed by atoms with Crippen molar-refractivity contribution < 1.29 is 38.4 Å². The Morgan fingerprint density at radius 3 is 2.49 bits per heavy atom. The van der Waals surface area contributed by atoms with Gasteiger partial charge in [-0.2, -0.15) is 0 Å². The highest BCUT2D eigenvalue weighted by molar-refractivity contribution is 5.94. The van der Waals surface area contributed by atoms with Crippen LogP contribution in [0.2, 0.25) is 0 Å². The topological polar surface area (TPSA) is 134 Å². The van der Waals surface area contributed by atoms with Crippen LogP contribution in [0.3, 0.4) is 0 Å². The van der Waals surface area contributed by atoms with Crippen molar-refractivity contribution in [2.45, 2.75) is 93.9 Å². The third-order valence-corrected chi connectivity index (χ3v) is 16.3. The van der Waals surface area contributed by atoms with Crippen molar-refractivity contribution >= 4 is 34.5 Å². The Balaban J connectivity index is 1.22. The molecule has 1 spiro atoms. The number of carbonyl (C=O) groups excluding carboxylic acids is 3. The fourth-order valence-electron chi connectivity index (χ4n) is 14.0. The average Bonchev–Trinajstić information content (AvgIpc) is 3.98. The first kappa shape index (κ1) is 43.5. The van der Waals surface area contributed by atoms with Crippen molar-refractivity contribution in [1.29, 1.82) is 0 Å². The van der Waals surface area contributed by atoms with E-state index in [9.17, 15) is 14.7 Å². The molecule has 342 valence electrons. The molecule has 1 aromatic heterocycles. The summed E-state index contributed by atoms with van der Waals surface area (Å²) in [5.74, 6) is -0.827. The Hall–Kier alpha value is -5.43. The number of hydrogen-bond donors (Lipinski definition) is 2. The lowest BCUT2D eigenvalue weighted by Crippen LogP contribution is -2.80. The summed E-state index contributed by atoms with van der Waals surface area (Å²) in [6.07, 6.45) is 8.92. The molecule has 9 atom stereocenters. The number of anilines is 1. The van der Waals surface area contributed by atoms with Gasteiger partial charge >= 0.3 is 17.9 Å². The van der Waals surface area contributed by atoms with Crippen LogP contribution in [0.25, 0.3) is 10.9 Å². The van der Waals surface area contributed by atoms with Gasteiger partial charge in [0.1, 0.15) is 23.9 Å². The van der Waals surface area contributed by atoms with E-state index in [1.165, 1.54) is 19.6 Å². The van der Waals surface area contributed by atoms with Gasteiger partial charge in [0.2, 0.25) is 0 Å². The van der Waals surface area contributed by atoms with Gasteiger partial charge in [-0.3, -0.25) is 24.2 Å². The summed E-state index contributed by atoms with van der Waals surface area (Å²) in [7, 11) is 5.11. The first-order chi connectivity index (χ1) is 31.4. The molecular weight excluding hydrogens is 821 g/mol. The number of esters is 3. The maximum Gasteiger partial charge on any atom is 0.322 e. The van der Waals surface area contributed by atoms with Crippen molar-refractivity contribution in [3.63, 3.8) is 0 Å². The summed E-state index contributed by atoms with van der Waals surface area (Å²) >= 11 is 0. The van der Waals surface area contributed by atoms with Gasteiger partial charge in [-0.25, -0.2) is 0 Å². The molecule has 2 N–H and O–H groups in total. The third kappa shape index (κ3) is 6.37. The van der Waals surface area contributed by atoms with E-state index in [1.807, 2.05) is 49.5 Å². The number of nitrogens with zero attached hydrogens (tertiary/aromatic N) is 3. The van der Waals surface area contributed by atoms with E-state index in [0.29, 0.717) is 37.1 Å². The number of carbonyl (C=O) groups is 3. The summed E-state index contributed by atoms with van der Waals surface area (Å²) in [5, 5.41) is 14.9. The molecule has 0 radical (unpaired) electrons. The van der Waals surface area contributed by atoms with Crippen LogP contribution < -0.4 is 9.64 Å². The molecule has 3 aromatic carbocycles. The van der Waals surface area contributed by atoms with E-state index < -0.39 is 52.5 Å². The summed E-state index contributed by atoms with van der Waals surface area (Å²) in [5.41, 5.74) is 2.65. The Morgan fingerprint density at radius 2 is 1.75 bits per heavy atom. The minimum Gasteiger partial charge on any atom is -0.496 e. The van der Waals surface area contributed by atoms with Crippen LogP contribution in [0, 0.1) is 11.3 Å². The molecule has 5 aliphatic heterocycles. The number of benzene rings is 3. The van der Waals surface area contributed by atoms with Gasteiger partial charge in [0, 0.05) is 90.9 Å². The molecule has 12 nitrogen and oxygen atoms in total. The predicted molar refractivity (Wildman–Crippen MR) is 248 cm³/mol. The number of aromatic nitrogens is 1. The summed E-state index contributed by atoms with van der Waals surface area (Å²) in [6.45, 7) is 9.23. The quantitative estimate of drug-likeness (QED) is 0.104. The van der Waals surface area contributed by atoms with E-state index in [4.69, 9.17) is 18.9 Å². The largest absolute Gasteiger partial charge is 0.496 e. The Kier molecular flexibility index (Phi) is 10.8. The maximum absolute atomic E-state index is 15.4. The van der Waals surface area contributed by atoms with Crippen LogP contribution in [0.4, 0.5) is 5.69 Å². The van der Waals surface area contributed by atoms with Crippen molar-refractivity contribution in [2.24, 2.45) is 11.3 Å². The van der Waals surface area contributed by atoms with Crippen molar-refractivity contribution in [2.75, 3.05) is 65.5 Å². The van der Waals surface area contributed by atoms with Crippen LogP contribution in [0.5, 0.6) is 5.75 Å². The number of para-hydroxylation sites is 1. The molecule has 1 aliphatic carbocycles. The predicted octanol–water partition coefficient (Wildman–Crippen LogP) is 6.41. The SMILES string of the molecule is CCC1=C[C@@H]2CN(CCc3c([nH]c4ccccc34)[C@@](C(=O)OC)(c3cc4c(cc3OC)N(C)[C@H]3[C@@](O)(COC(=O)Cc5ccccc5)[C@H](OC(C)=O)[C@]5(CC)C=CCN6CC[C@]43[C@@H]65)C2)C1. The number of methoxy groups -OCH3 is 2. The molecule has 2 bridgehead atoms. The minimum atomic E-state index is -1.89. The zero-order valence-electron chi connectivity index (χ0n) is 38.5. The smallest absolute Gasteiger partial charge is 0.322 e. The standard InChI is InChI=1S/C53H62N4O8/c1-7-34-25-36-29-52(49(60)63-6,45-38(19-23-56(30-34)31-36)37-17-12-13-18-41(37)54-45)40-27-39-42(28-43(40)62-5)55(4)47-51(39)21-24-57-22-14-20-50(8-2,46(51)57)48(65-33(3)58)53(47,61)32-64-44(59)26-35-15-10-9-11-16-35/h9-18,20,25,27-28,36,46-48,54,61H,7-8,19,21-24,26,29-32H2,1-6H3/t36-,46-,47+,48+,50+,51+,52-,53-/m0/s1. The highest BCUT2D eigenvalue weighted by Gasteiger charge is 2.78. The zero-order chi connectivity index (χ0) is 45.5. The lowest BCUT2D eigenvalue weighted by molar-refractivity contribution is -0.232. The van der Waals surface area contributed by atoms with Crippen LogP contribution in [-0.4, -0.2) is 122 Å². The highest BCUT2D eigenvalue weighted by atomic mass is 16.6. The fourth-order valence-corrected chi connectivity index (χ4v) is 14.0.